The molecule has 2 aliphatic heterocycles. The number of hydrogen-bond donors (Lipinski definition) is 3. The third-order valence-electron chi connectivity index (χ3n) is 8.07. The van der Waals surface area contributed by atoms with Gasteiger partial charge in [0.25, 0.3) is 0 Å². The van der Waals surface area contributed by atoms with Crippen LogP contribution >= 0.6 is 0 Å². The first kappa shape index (κ1) is 27.1. The number of nitrogens with zero attached hydrogens (tertiary/aromatic N) is 5. The molecule has 6 rings (SSSR count). The molecule has 4 N–H and O–H groups in total. The van der Waals surface area contributed by atoms with Gasteiger partial charge in [-0.2, -0.15) is 18.3 Å². The molecule has 0 unspecified atom stereocenters. The number of nitrogens with one attached hydrogen (secondary N) is 2. The second kappa shape index (κ2) is 10.1. The number of hydrogen-bond acceptors (Lipinski definition) is 5. The summed E-state index contributed by atoms with van der Waals surface area (Å²) in [5, 5.41) is 7.47. The number of carbonyl (C=O) groups excluding carboxylic acids is 1. The van der Waals surface area contributed by atoms with Crippen LogP contribution in [-0.4, -0.2) is 74.3 Å². The molecular formula is C27H27F5N8O. The average Bonchev–Trinajstić information content (AvgIpc) is 3.60. The summed E-state index contributed by atoms with van der Waals surface area (Å²) in [5.41, 5.74) is 5.62. The van der Waals surface area contributed by atoms with Crippen LogP contribution in [0.4, 0.5) is 32.4 Å². The number of likely N-dealkylation sites (tertiary alicyclic amines) is 2. The van der Waals surface area contributed by atoms with Crippen LogP contribution in [-0.2, 0) is 11.7 Å². The lowest BCUT2D eigenvalue weighted by Crippen LogP contribution is -2.69. The fraction of sp³-hybridized carbons (Fsp3) is 0.370. The number of piperidine rings is 1. The number of carbonyl (C=O) groups is 1. The molecule has 2 amide bonds. The Morgan fingerprint density at radius 2 is 1.90 bits per heavy atom. The van der Waals surface area contributed by atoms with E-state index in [1.54, 1.807) is 29.3 Å². The Bertz CT molecular complexity index is 1580. The molecular weight excluding hydrogens is 547 g/mol. The Kier molecular flexibility index (Phi) is 6.69. The molecule has 0 radical (unpaired) electrons. The summed E-state index contributed by atoms with van der Waals surface area (Å²) in [4.78, 5) is 23.5. The van der Waals surface area contributed by atoms with E-state index < -0.39 is 40.6 Å². The van der Waals surface area contributed by atoms with Crippen LogP contribution in [0, 0.1) is 11.6 Å². The van der Waals surface area contributed by atoms with Gasteiger partial charge >= 0.3 is 12.2 Å². The van der Waals surface area contributed by atoms with Crippen LogP contribution in [0.25, 0.3) is 22.2 Å². The Morgan fingerprint density at radius 3 is 2.61 bits per heavy atom. The number of urea groups is 1. The molecule has 2 aliphatic rings. The number of amides is 2. The quantitative estimate of drug-likeness (QED) is 0.307. The van der Waals surface area contributed by atoms with Crippen LogP contribution in [0.3, 0.4) is 0 Å². The van der Waals surface area contributed by atoms with Crippen LogP contribution in [0.2, 0.25) is 0 Å². The maximum absolute atomic E-state index is 14.7. The van der Waals surface area contributed by atoms with Crippen LogP contribution in [0.1, 0.15) is 18.4 Å². The maximum atomic E-state index is 14.7. The van der Waals surface area contributed by atoms with Gasteiger partial charge in [-0.25, -0.2) is 18.6 Å². The highest BCUT2D eigenvalue weighted by atomic mass is 19.4. The van der Waals surface area contributed by atoms with Gasteiger partial charge < -0.3 is 20.9 Å². The van der Waals surface area contributed by atoms with Crippen molar-refractivity contribution >= 4 is 22.8 Å². The Labute approximate surface area is 231 Å². The van der Waals surface area contributed by atoms with E-state index in [2.05, 4.69) is 25.3 Å². The van der Waals surface area contributed by atoms with E-state index in [0.29, 0.717) is 73.8 Å². The summed E-state index contributed by atoms with van der Waals surface area (Å²) in [7, 11) is 0. The first-order chi connectivity index (χ1) is 19.6. The number of nitrogens with two attached hydrogens (primary N) is 1. The number of rotatable bonds is 5. The number of halogens is 5. The molecule has 9 nitrogen and oxygen atoms in total. The molecule has 5 heterocycles. The Morgan fingerprint density at radius 1 is 1.15 bits per heavy atom. The second-order valence-electron chi connectivity index (χ2n) is 10.6. The molecule has 216 valence electrons. The third kappa shape index (κ3) is 4.90. The maximum Gasteiger partial charge on any atom is 0.418 e. The predicted molar refractivity (Wildman–Crippen MR) is 141 cm³/mol. The van der Waals surface area contributed by atoms with Gasteiger partial charge in [0.2, 0.25) is 0 Å². The third-order valence-corrected chi connectivity index (χ3v) is 8.07. The smallest absolute Gasteiger partial charge is 0.346 e. The zero-order chi connectivity index (χ0) is 28.9. The number of benzene rings is 1. The first-order valence-corrected chi connectivity index (χ1v) is 13.1. The summed E-state index contributed by atoms with van der Waals surface area (Å²) in [6, 6.07) is 3.42. The molecule has 41 heavy (non-hydrogen) atoms. The lowest BCUT2D eigenvalue weighted by atomic mass is 9.86. The van der Waals surface area contributed by atoms with Crippen molar-refractivity contribution in [2.75, 3.05) is 38.0 Å². The average molecular weight is 575 g/mol. The van der Waals surface area contributed by atoms with E-state index in [9.17, 15) is 26.7 Å². The second-order valence-corrected chi connectivity index (χ2v) is 10.6. The number of H-pyrrole nitrogens is 1. The van der Waals surface area contributed by atoms with E-state index in [0.717, 1.165) is 12.1 Å². The minimum atomic E-state index is -4.80. The van der Waals surface area contributed by atoms with E-state index in [4.69, 9.17) is 5.73 Å². The van der Waals surface area contributed by atoms with Gasteiger partial charge in [-0.05, 0) is 37.1 Å². The lowest BCUT2D eigenvalue weighted by molar-refractivity contribution is -0.137. The molecule has 0 atom stereocenters. The van der Waals surface area contributed by atoms with Crippen LogP contribution in [0.5, 0.6) is 0 Å². The van der Waals surface area contributed by atoms with Gasteiger partial charge in [0.1, 0.15) is 22.8 Å². The number of anilines is 1. The van der Waals surface area contributed by atoms with Gasteiger partial charge in [0.15, 0.2) is 0 Å². The number of aromatic amines is 1. The lowest BCUT2D eigenvalue weighted by Gasteiger charge is -2.54. The molecule has 0 saturated carbocycles. The highest BCUT2D eigenvalue weighted by Gasteiger charge is 2.47. The highest BCUT2D eigenvalue weighted by Crippen LogP contribution is 2.37. The molecule has 0 bridgehead atoms. The Hall–Kier alpha value is -4.04. The molecule has 3 aromatic heterocycles. The highest BCUT2D eigenvalue weighted by molar-refractivity contribution is 5.93. The molecule has 1 aromatic carbocycles. The van der Waals surface area contributed by atoms with Gasteiger partial charge in [-0.1, -0.05) is 0 Å². The number of alkyl halides is 3. The van der Waals surface area contributed by atoms with Crippen molar-refractivity contribution in [2.45, 2.75) is 30.6 Å². The SMILES string of the molecule is NCC1(n2cc(-c3c(F)cnc4[nH]ccc34)cn2)CN(C2CCN(C(=O)Nc3ccc(F)cc3C(F)(F)F)CC2)C1. The number of pyridine rings is 1. The Balaban J connectivity index is 1.08. The van der Waals surface area contributed by atoms with Crippen molar-refractivity contribution in [2.24, 2.45) is 5.73 Å². The van der Waals surface area contributed by atoms with Crippen molar-refractivity contribution in [1.29, 1.82) is 0 Å². The molecule has 2 saturated heterocycles. The van der Waals surface area contributed by atoms with Crippen molar-refractivity contribution in [3.8, 4) is 11.1 Å². The normalized spacial score (nSPS) is 18.0. The zero-order valence-electron chi connectivity index (χ0n) is 21.8. The van der Waals surface area contributed by atoms with Crippen molar-refractivity contribution in [1.82, 2.24) is 29.5 Å². The van der Waals surface area contributed by atoms with Crippen LogP contribution < -0.4 is 11.1 Å². The zero-order valence-corrected chi connectivity index (χ0v) is 21.8. The fourth-order valence-corrected chi connectivity index (χ4v) is 5.81. The minimum Gasteiger partial charge on any atom is -0.346 e. The minimum absolute atomic E-state index is 0.155. The fourth-order valence-electron chi connectivity index (χ4n) is 5.81. The van der Waals surface area contributed by atoms with Gasteiger partial charge in [-0.15, -0.1) is 0 Å². The van der Waals surface area contributed by atoms with E-state index in [-0.39, 0.29) is 6.04 Å². The summed E-state index contributed by atoms with van der Waals surface area (Å²) in [6.07, 6.45) is 2.74. The monoisotopic (exact) mass is 574 g/mol. The topological polar surface area (TPSA) is 108 Å². The van der Waals surface area contributed by atoms with Gasteiger partial charge in [0.05, 0.1) is 23.6 Å². The van der Waals surface area contributed by atoms with Gasteiger partial charge in [0, 0.05) is 67.7 Å². The van der Waals surface area contributed by atoms with E-state index in [1.165, 1.54) is 11.1 Å². The summed E-state index contributed by atoms with van der Waals surface area (Å²) >= 11 is 0. The molecule has 0 spiro atoms. The summed E-state index contributed by atoms with van der Waals surface area (Å²) in [5.74, 6) is -1.48. The largest absolute Gasteiger partial charge is 0.418 e. The summed E-state index contributed by atoms with van der Waals surface area (Å²) < 4.78 is 69.8. The van der Waals surface area contributed by atoms with Gasteiger partial charge in [-0.3, -0.25) is 9.58 Å². The van der Waals surface area contributed by atoms with Crippen molar-refractivity contribution < 1.29 is 26.7 Å². The van der Waals surface area contributed by atoms with E-state index >= 15 is 0 Å². The summed E-state index contributed by atoms with van der Waals surface area (Å²) in [6.45, 7) is 2.26. The molecule has 2 fully saturated rings. The van der Waals surface area contributed by atoms with Crippen LogP contribution in [0.15, 0.2) is 49.1 Å². The molecule has 0 aliphatic carbocycles. The molecule has 14 heteroatoms. The standard InChI is InChI=1S/C27H27F5N8O/c28-17-1-2-22(20(9-17)27(30,31)32)37-25(41)38-7-4-18(5-8-38)39-14-26(13-33,15-39)40-12-16(10-36-40)23-19-3-6-34-24(19)35-11-21(23)29/h1-3,6,9-12,18H,4-5,7-8,13-15,33H2,(H,34,35)(H,37,41). The molecule has 4 aromatic rings. The first-order valence-electron chi connectivity index (χ1n) is 13.1. The van der Waals surface area contributed by atoms with Crippen molar-refractivity contribution in [3.05, 3.63) is 66.3 Å². The predicted octanol–water partition coefficient (Wildman–Crippen LogP) is 4.39. The van der Waals surface area contributed by atoms with E-state index in [1.807, 2.05) is 0 Å². The van der Waals surface area contributed by atoms with Crippen molar-refractivity contribution in [3.63, 3.8) is 0 Å². The number of fused-ring (bicyclic) bond motifs is 1. The number of aromatic nitrogens is 4.